The minimum atomic E-state index is -0.469. The lowest BCUT2D eigenvalue weighted by Gasteiger charge is -2.25. The molecule has 1 heterocycles. The highest BCUT2D eigenvalue weighted by molar-refractivity contribution is 6.34. The van der Waals surface area contributed by atoms with E-state index in [4.69, 9.17) is 23.2 Å². The SMILES string of the molecule is CC(C)(C)C(O)Cc1ncc(Cl)cc1Cl. The first-order valence-corrected chi connectivity index (χ1v) is 5.54. The van der Waals surface area contributed by atoms with Crippen LogP contribution in [0.25, 0.3) is 0 Å². The summed E-state index contributed by atoms with van der Waals surface area (Å²) in [6, 6.07) is 1.64. The van der Waals surface area contributed by atoms with Crippen molar-refractivity contribution >= 4 is 23.2 Å². The standard InChI is InChI=1S/C11H15Cl2NO/c1-11(2,3)10(15)5-9-8(13)4-7(12)6-14-9/h4,6,10,15H,5H2,1-3H3. The van der Waals surface area contributed by atoms with E-state index in [0.717, 1.165) is 0 Å². The molecule has 0 amide bonds. The van der Waals surface area contributed by atoms with Gasteiger partial charge in [-0.15, -0.1) is 0 Å². The fraction of sp³-hybridized carbons (Fsp3) is 0.545. The predicted octanol–water partition coefficient (Wildman–Crippen LogP) is 3.34. The maximum absolute atomic E-state index is 9.90. The minimum absolute atomic E-state index is 0.176. The van der Waals surface area contributed by atoms with Crippen molar-refractivity contribution in [3.63, 3.8) is 0 Å². The molecule has 84 valence electrons. The molecule has 1 unspecified atom stereocenters. The van der Waals surface area contributed by atoms with Crippen LogP contribution in [0.5, 0.6) is 0 Å². The fourth-order valence-corrected chi connectivity index (χ4v) is 1.54. The zero-order valence-electron chi connectivity index (χ0n) is 9.09. The first-order chi connectivity index (χ1) is 6.80. The van der Waals surface area contributed by atoms with Crippen molar-refractivity contribution < 1.29 is 5.11 Å². The van der Waals surface area contributed by atoms with Crippen molar-refractivity contribution in [1.82, 2.24) is 4.98 Å². The molecule has 1 aromatic rings. The summed E-state index contributed by atoms with van der Waals surface area (Å²) in [5, 5.41) is 10.9. The third kappa shape index (κ3) is 3.63. The van der Waals surface area contributed by atoms with Gasteiger partial charge >= 0.3 is 0 Å². The van der Waals surface area contributed by atoms with E-state index >= 15 is 0 Å². The van der Waals surface area contributed by atoms with Crippen molar-refractivity contribution in [2.75, 3.05) is 0 Å². The third-order valence-electron chi connectivity index (χ3n) is 2.27. The quantitative estimate of drug-likeness (QED) is 0.870. The second-order valence-corrected chi connectivity index (χ2v) is 5.51. The Morgan fingerprint density at radius 1 is 1.40 bits per heavy atom. The van der Waals surface area contributed by atoms with Crippen LogP contribution in [0.15, 0.2) is 12.3 Å². The van der Waals surface area contributed by atoms with Gasteiger partial charge in [0.25, 0.3) is 0 Å². The van der Waals surface area contributed by atoms with Gasteiger partial charge in [0.05, 0.1) is 21.8 Å². The summed E-state index contributed by atoms with van der Waals surface area (Å²) in [7, 11) is 0. The number of hydrogen-bond acceptors (Lipinski definition) is 2. The largest absolute Gasteiger partial charge is 0.392 e. The Morgan fingerprint density at radius 3 is 2.47 bits per heavy atom. The fourth-order valence-electron chi connectivity index (χ4n) is 1.08. The Bertz CT molecular complexity index is 347. The van der Waals surface area contributed by atoms with Gasteiger partial charge in [-0.1, -0.05) is 44.0 Å². The van der Waals surface area contributed by atoms with Gasteiger partial charge in [0, 0.05) is 12.6 Å². The highest BCUT2D eigenvalue weighted by Gasteiger charge is 2.23. The number of aliphatic hydroxyl groups is 1. The van der Waals surface area contributed by atoms with E-state index < -0.39 is 6.10 Å². The van der Waals surface area contributed by atoms with Crippen LogP contribution < -0.4 is 0 Å². The van der Waals surface area contributed by atoms with E-state index in [1.54, 1.807) is 6.07 Å². The number of hydrogen-bond donors (Lipinski definition) is 1. The van der Waals surface area contributed by atoms with Crippen LogP contribution in [0.2, 0.25) is 10.0 Å². The number of halogens is 2. The monoisotopic (exact) mass is 247 g/mol. The minimum Gasteiger partial charge on any atom is -0.392 e. The van der Waals surface area contributed by atoms with Gasteiger partial charge in [-0.05, 0) is 11.5 Å². The summed E-state index contributed by atoms with van der Waals surface area (Å²) in [5.41, 5.74) is 0.508. The van der Waals surface area contributed by atoms with Gasteiger partial charge in [0.1, 0.15) is 0 Å². The Hall–Kier alpha value is -0.310. The zero-order chi connectivity index (χ0) is 11.6. The van der Waals surface area contributed by atoms with Gasteiger partial charge in [0.2, 0.25) is 0 Å². The maximum atomic E-state index is 9.90. The molecule has 1 aromatic heterocycles. The third-order valence-corrected chi connectivity index (χ3v) is 2.80. The number of rotatable bonds is 2. The first kappa shape index (κ1) is 12.8. The molecular weight excluding hydrogens is 233 g/mol. The summed E-state index contributed by atoms with van der Waals surface area (Å²) in [6.45, 7) is 5.92. The molecule has 15 heavy (non-hydrogen) atoms. The lowest BCUT2D eigenvalue weighted by Crippen LogP contribution is -2.28. The smallest absolute Gasteiger partial charge is 0.0644 e. The van der Waals surface area contributed by atoms with Crippen LogP contribution in [-0.2, 0) is 6.42 Å². The Balaban J connectivity index is 2.82. The first-order valence-electron chi connectivity index (χ1n) is 4.78. The van der Waals surface area contributed by atoms with Gasteiger partial charge in [-0.25, -0.2) is 0 Å². The second-order valence-electron chi connectivity index (χ2n) is 4.67. The zero-order valence-corrected chi connectivity index (χ0v) is 10.6. The van der Waals surface area contributed by atoms with Crippen LogP contribution in [0.3, 0.4) is 0 Å². The Kier molecular flexibility index (Phi) is 3.99. The van der Waals surface area contributed by atoms with Gasteiger partial charge in [-0.3, -0.25) is 4.98 Å². The molecule has 0 saturated heterocycles. The molecule has 0 radical (unpaired) electrons. The molecule has 2 nitrogen and oxygen atoms in total. The predicted molar refractivity (Wildman–Crippen MR) is 63.4 cm³/mol. The molecule has 0 aliphatic rings. The lowest BCUT2D eigenvalue weighted by atomic mass is 9.86. The second kappa shape index (κ2) is 4.69. The Morgan fingerprint density at radius 2 is 2.00 bits per heavy atom. The van der Waals surface area contributed by atoms with Gasteiger partial charge < -0.3 is 5.11 Å². The van der Waals surface area contributed by atoms with Gasteiger partial charge in [-0.2, -0.15) is 0 Å². The van der Waals surface area contributed by atoms with E-state index in [2.05, 4.69) is 4.98 Å². The molecular formula is C11H15Cl2NO. The van der Waals surface area contributed by atoms with Crippen LogP contribution in [0.1, 0.15) is 26.5 Å². The highest BCUT2D eigenvalue weighted by atomic mass is 35.5. The molecule has 0 bridgehead atoms. The topological polar surface area (TPSA) is 33.1 Å². The molecule has 0 spiro atoms. The molecule has 4 heteroatoms. The van der Waals surface area contributed by atoms with E-state index in [-0.39, 0.29) is 5.41 Å². The van der Waals surface area contributed by atoms with Crippen LogP contribution in [0.4, 0.5) is 0 Å². The number of pyridine rings is 1. The summed E-state index contributed by atoms with van der Waals surface area (Å²) in [5.74, 6) is 0. The number of aromatic nitrogens is 1. The molecule has 0 saturated carbocycles. The molecule has 1 atom stereocenters. The van der Waals surface area contributed by atoms with Crippen molar-refractivity contribution in [3.8, 4) is 0 Å². The summed E-state index contributed by atoms with van der Waals surface area (Å²) < 4.78 is 0. The highest BCUT2D eigenvalue weighted by Crippen LogP contribution is 2.25. The summed E-state index contributed by atoms with van der Waals surface area (Å²) >= 11 is 11.7. The summed E-state index contributed by atoms with van der Waals surface area (Å²) in [4.78, 5) is 4.11. The lowest BCUT2D eigenvalue weighted by molar-refractivity contribution is 0.0628. The van der Waals surface area contributed by atoms with Gasteiger partial charge in [0.15, 0.2) is 0 Å². The van der Waals surface area contributed by atoms with Crippen molar-refractivity contribution in [2.24, 2.45) is 5.41 Å². The molecule has 0 aliphatic heterocycles. The van der Waals surface area contributed by atoms with Crippen LogP contribution in [0, 0.1) is 5.41 Å². The van der Waals surface area contributed by atoms with E-state index in [0.29, 0.717) is 22.2 Å². The van der Waals surface area contributed by atoms with Crippen molar-refractivity contribution in [1.29, 1.82) is 0 Å². The normalized spacial score (nSPS) is 14.0. The van der Waals surface area contributed by atoms with E-state index in [1.807, 2.05) is 20.8 Å². The van der Waals surface area contributed by atoms with Crippen molar-refractivity contribution in [3.05, 3.63) is 28.0 Å². The summed E-state index contributed by atoms with van der Waals surface area (Å²) in [6.07, 6.45) is 1.51. The number of nitrogens with zero attached hydrogens (tertiary/aromatic N) is 1. The average Bonchev–Trinajstić information content (AvgIpc) is 2.08. The van der Waals surface area contributed by atoms with Crippen molar-refractivity contribution in [2.45, 2.75) is 33.3 Å². The molecule has 0 aromatic carbocycles. The molecule has 0 aliphatic carbocycles. The maximum Gasteiger partial charge on any atom is 0.0644 e. The molecule has 1 rings (SSSR count). The van der Waals surface area contributed by atoms with Crippen LogP contribution in [-0.4, -0.2) is 16.2 Å². The van der Waals surface area contributed by atoms with E-state index in [9.17, 15) is 5.11 Å². The Labute approximate surface area is 100 Å². The molecule has 0 fully saturated rings. The van der Waals surface area contributed by atoms with E-state index in [1.165, 1.54) is 6.20 Å². The van der Waals surface area contributed by atoms with Crippen LogP contribution >= 0.6 is 23.2 Å². The number of aliphatic hydroxyl groups excluding tert-OH is 1. The average molecular weight is 248 g/mol. The molecule has 1 N–H and O–H groups in total.